The van der Waals surface area contributed by atoms with Crippen molar-refractivity contribution in [2.75, 3.05) is 20.6 Å². The molecule has 2 amide bonds. The van der Waals surface area contributed by atoms with E-state index in [1.165, 1.54) is 11.8 Å². The van der Waals surface area contributed by atoms with E-state index in [9.17, 15) is 9.59 Å². The molecule has 0 spiro atoms. The highest BCUT2D eigenvalue weighted by Gasteiger charge is 2.03. The molecule has 0 rings (SSSR count). The Balaban J connectivity index is 3.54. The van der Waals surface area contributed by atoms with Gasteiger partial charge >= 0.3 is 0 Å². The van der Waals surface area contributed by atoms with Gasteiger partial charge in [-0.2, -0.15) is 0 Å². The summed E-state index contributed by atoms with van der Waals surface area (Å²) in [5.41, 5.74) is 0. The molecule has 0 saturated heterocycles. The average molecular weight is 158 g/mol. The quantitative estimate of drug-likeness (QED) is 0.607. The predicted octanol–water partition coefficient (Wildman–Crippen LogP) is -0.399. The molecule has 1 N–H and O–H groups in total. The summed E-state index contributed by atoms with van der Waals surface area (Å²) < 4.78 is 0. The molecule has 0 aromatic heterocycles. The Morgan fingerprint density at radius 2 is 2.00 bits per heavy atom. The maximum absolute atomic E-state index is 10.7. The van der Waals surface area contributed by atoms with E-state index in [1.54, 1.807) is 14.1 Å². The molecule has 0 fully saturated rings. The van der Waals surface area contributed by atoms with E-state index in [-0.39, 0.29) is 11.8 Å². The zero-order chi connectivity index (χ0) is 8.85. The van der Waals surface area contributed by atoms with Crippen LogP contribution in [-0.4, -0.2) is 37.4 Å². The van der Waals surface area contributed by atoms with Crippen molar-refractivity contribution in [3.8, 4) is 0 Å². The molecule has 0 atom stereocenters. The van der Waals surface area contributed by atoms with Crippen LogP contribution in [0.2, 0.25) is 0 Å². The van der Waals surface area contributed by atoms with Crippen molar-refractivity contribution in [3.63, 3.8) is 0 Å². The lowest BCUT2D eigenvalue weighted by Crippen LogP contribution is -2.29. The third kappa shape index (κ3) is 4.36. The first-order valence-corrected chi connectivity index (χ1v) is 3.50. The van der Waals surface area contributed by atoms with Gasteiger partial charge in [-0.3, -0.25) is 9.59 Å². The number of nitrogens with one attached hydrogen (secondary N) is 1. The monoisotopic (exact) mass is 158 g/mol. The third-order valence-corrected chi connectivity index (χ3v) is 1.49. The molecule has 4 heteroatoms. The minimum atomic E-state index is -0.0434. The minimum absolute atomic E-state index is 0.0195. The molecule has 0 aliphatic carbocycles. The van der Waals surface area contributed by atoms with Crippen molar-refractivity contribution in [2.45, 2.75) is 13.3 Å². The Bertz CT molecular complexity index is 157. The summed E-state index contributed by atoms with van der Waals surface area (Å²) in [7, 11) is 3.25. The largest absolute Gasteiger partial charge is 0.359 e. The zero-order valence-corrected chi connectivity index (χ0v) is 7.18. The fraction of sp³-hybridized carbons (Fsp3) is 0.714. The Kier molecular flexibility index (Phi) is 4.26. The van der Waals surface area contributed by atoms with Crippen molar-refractivity contribution >= 4 is 11.8 Å². The van der Waals surface area contributed by atoms with Crippen LogP contribution in [0.3, 0.4) is 0 Å². The molecular formula is C7H14N2O2. The van der Waals surface area contributed by atoms with Crippen molar-refractivity contribution in [1.29, 1.82) is 0 Å². The highest BCUT2D eigenvalue weighted by molar-refractivity contribution is 5.77. The van der Waals surface area contributed by atoms with Gasteiger partial charge < -0.3 is 10.2 Å². The molecule has 0 saturated carbocycles. The predicted molar refractivity (Wildman–Crippen MR) is 42.0 cm³/mol. The van der Waals surface area contributed by atoms with Gasteiger partial charge in [0.15, 0.2) is 0 Å². The van der Waals surface area contributed by atoms with Crippen LogP contribution in [-0.2, 0) is 9.59 Å². The first-order chi connectivity index (χ1) is 5.07. The highest BCUT2D eigenvalue weighted by Crippen LogP contribution is 1.87. The van der Waals surface area contributed by atoms with Crippen LogP contribution < -0.4 is 5.32 Å². The SMILES string of the molecule is CNC(=O)CCN(C)C(C)=O. The molecule has 0 aliphatic heterocycles. The second kappa shape index (κ2) is 4.71. The van der Waals surface area contributed by atoms with E-state index >= 15 is 0 Å². The van der Waals surface area contributed by atoms with Gasteiger partial charge in [0.1, 0.15) is 0 Å². The molecule has 0 aromatic carbocycles. The number of hydrogen-bond acceptors (Lipinski definition) is 2. The van der Waals surface area contributed by atoms with E-state index in [0.29, 0.717) is 13.0 Å². The molecule has 0 radical (unpaired) electrons. The van der Waals surface area contributed by atoms with E-state index in [1.807, 2.05) is 0 Å². The number of nitrogens with zero attached hydrogens (tertiary/aromatic N) is 1. The smallest absolute Gasteiger partial charge is 0.221 e. The Morgan fingerprint density at radius 1 is 1.45 bits per heavy atom. The van der Waals surface area contributed by atoms with Gasteiger partial charge in [-0.1, -0.05) is 0 Å². The van der Waals surface area contributed by atoms with Crippen LogP contribution in [0, 0.1) is 0 Å². The van der Waals surface area contributed by atoms with Crippen LogP contribution >= 0.6 is 0 Å². The lowest BCUT2D eigenvalue weighted by Gasteiger charge is -2.13. The van der Waals surface area contributed by atoms with E-state index in [2.05, 4.69) is 5.32 Å². The van der Waals surface area contributed by atoms with E-state index < -0.39 is 0 Å². The molecule has 0 heterocycles. The van der Waals surface area contributed by atoms with Crippen LogP contribution in [0.5, 0.6) is 0 Å². The molecule has 64 valence electrons. The lowest BCUT2D eigenvalue weighted by atomic mass is 10.4. The molecule has 0 aliphatic rings. The number of rotatable bonds is 3. The maximum atomic E-state index is 10.7. The van der Waals surface area contributed by atoms with Gasteiger partial charge in [0, 0.05) is 34.0 Å². The van der Waals surface area contributed by atoms with Gasteiger partial charge in [0.05, 0.1) is 0 Å². The molecule has 0 unspecified atom stereocenters. The Labute approximate surface area is 66.6 Å². The van der Waals surface area contributed by atoms with Gasteiger partial charge in [-0.15, -0.1) is 0 Å². The number of hydrogen-bond donors (Lipinski definition) is 1. The van der Waals surface area contributed by atoms with Crippen LogP contribution in [0.1, 0.15) is 13.3 Å². The normalized spacial score (nSPS) is 9.00. The maximum Gasteiger partial charge on any atom is 0.221 e. The van der Waals surface area contributed by atoms with Crippen molar-refractivity contribution in [3.05, 3.63) is 0 Å². The summed E-state index contributed by atoms with van der Waals surface area (Å²) in [4.78, 5) is 22.8. The first kappa shape index (κ1) is 9.94. The molecule has 0 aromatic rings. The average Bonchev–Trinajstić information content (AvgIpc) is 1.99. The molecule has 11 heavy (non-hydrogen) atoms. The number of carbonyl (C=O) groups excluding carboxylic acids is 2. The summed E-state index contributed by atoms with van der Waals surface area (Å²) in [6.45, 7) is 1.96. The number of amides is 2. The standard InChI is InChI=1S/C7H14N2O2/c1-6(10)9(3)5-4-7(11)8-2/h4-5H2,1-3H3,(H,8,11). The second-order valence-electron chi connectivity index (χ2n) is 2.36. The molecular weight excluding hydrogens is 144 g/mol. The fourth-order valence-electron chi connectivity index (χ4n) is 0.552. The van der Waals surface area contributed by atoms with Crippen molar-refractivity contribution in [1.82, 2.24) is 10.2 Å². The van der Waals surface area contributed by atoms with Crippen LogP contribution in [0.25, 0.3) is 0 Å². The second-order valence-corrected chi connectivity index (χ2v) is 2.36. The van der Waals surface area contributed by atoms with E-state index in [4.69, 9.17) is 0 Å². The van der Waals surface area contributed by atoms with Crippen molar-refractivity contribution in [2.24, 2.45) is 0 Å². The topological polar surface area (TPSA) is 49.4 Å². The van der Waals surface area contributed by atoms with Gasteiger partial charge in [0.25, 0.3) is 0 Å². The molecule has 4 nitrogen and oxygen atoms in total. The van der Waals surface area contributed by atoms with Crippen LogP contribution in [0.4, 0.5) is 0 Å². The van der Waals surface area contributed by atoms with Crippen molar-refractivity contribution < 1.29 is 9.59 Å². The Hall–Kier alpha value is -1.06. The number of carbonyl (C=O) groups is 2. The first-order valence-electron chi connectivity index (χ1n) is 3.50. The van der Waals surface area contributed by atoms with Gasteiger partial charge in [0.2, 0.25) is 11.8 Å². The lowest BCUT2D eigenvalue weighted by molar-refractivity contribution is -0.128. The highest BCUT2D eigenvalue weighted by atomic mass is 16.2. The Morgan fingerprint density at radius 3 is 2.36 bits per heavy atom. The van der Waals surface area contributed by atoms with E-state index in [0.717, 1.165) is 0 Å². The third-order valence-electron chi connectivity index (χ3n) is 1.49. The summed E-state index contributed by atoms with van der Waals surface area (Å²) in [5.74, 6) is -0.0630. The summed E-state index contributed by atoms with van der Waals surface area (Å²) >= 11 is 0. The van der Waals surface area contributed by atoms with Crippen LogP contribution in [0.15, 0.2) is 0 Å². The summed E-state index contributed by atoms with van der Waals surface area (Å²) in [5, 5.41) is 2.48. The van der Waals surface area contributed by atoms with Gasteiger partial charge in [-0.05, 0) is 0 Å². The minimum Gasteiger partial charge on any atom is -0.359 e. The van der Waals surface area contributed by atoms with Gasteiger partial charge in [-0.25, -0.2) is 0 Å². The zero-order valence-electron chi connectivity index (χ0n) is 7.18. The summed E-state index contributed by atoms with van der Waals surface area (Å²) in [6.07, 6.45) is 0.368. The fourth-order valence-corrected chi connectivity index (χ4v) is 0.552. The summed E-state index contributed by atoms with van der Waals surface area (Å²) in [6, 6.07) is 0. The molecule has 0 bridgehead atoms.